The Labute approximate surface area is 109 Å². The van der Waals surface area contributed by atoms with Crippen molar-refractivity contribution in [3.05, 3.63) is 50.9 Å². The normalized spacial score (nSPS) is 14.3. The van der Waals surface area contributed by atoms with Gasteiger partial charge in [-0.1, -0.05) is 23.7 Å². The van der Waals surface area contributed by atoms with Gasteiger partial charge in [-0.3, -0.25) is 4.79 Å². The van der Waals surface area contributed by atoms with Crippen LogP contribution in [0.4, 0.5) is 0 Å². The quantitative estimate of drug-likeness (QED) is 0.822. The molecule has 2 N–H and O–H groups in total. The van der Waals surface area contributed by atoms with Crippen LogP contribution < -0.4 is 10.9 Å². The zero-order valence-corrected chi connectivity index (χ0v) is 10.4. The lowest BCUT2D eigenvalue weighted by atomic mass is 10.1. The van der Waals surface area contributed by atoms with Crippen LogP contribution in [-0.2, 0) is 13.0 Å². The smallest absolute Gasteiger partial charge is 0.254 e. The van der Waals surface area contributed by atoms with Crippen LogP contribution in [0.2, 0.25) is 5.02 Å². The van der Waals surface area contributed by atoms with E-state index in [1.165, 1.54) is 0 Å². The number of nitrogens with one attached hydrogen (secondary N) is 2. The minimum atomic E-state index is -0.0589. The number of benzene rings is 1. The van der Waals surface area contributed by atoms with E-state index in [4.69, 9.17) is 11.6 Å². The van der Waals surface area contributed by atoms with Gasteiger partial charge in [-0.2, -0.15) is 0 Å². The Balaban J connectivity index is 2.17. The number of hydrogen-bond acceptors (Lipinski definition) is 3. The molecule has 2 heterocycles. The fraction of sp³-hybridized carbons (Fsp3) is 0.231. The molecule has 1 aliphatic rings. The Morgan fingerprint density at radius 2 is 2.11 bits per heavy atom. The Kier molecular flexibility index (Phi) is 2.89. The molecule has 0 aliphatic carbocycles. The molecular formula is C13H12ClN3O. The predicted octanol–water partition coefficient (Wildman–Crippen LogP) is 1.74. The molecule has 0 bridgehead atoms. The molecule has 0 saturated carbocycles. The van der Waals surface area contributed by atoms with Crippen molar-refractivity contribution in [2.24, 2.45) is 0 Å². The van der Waals surface area contributed by atoms with E-state index in [1.807, 2.05) is 18.2 Å². The minimum absolute atomic E-state index is 0.0589. The molecule has 5 heteroatoms. The van der Waals surface area contributed by atoms with Gasteiger partial charge < -0.3 is 10.3 Å². The van der Waals surface area contributed by atoms with Gasteiger partial charge in [0.2, 0.25) is 0 Å². The van der Waals surface area contributed by atoms with E-state index in [1.54, 1.807) is 6.07 Å². The standard InChI is InChI=1S/C13H12ClN3O/c14-10-4-2-1-3-8(10)12-16-11-7-15-6-5-9(11)13(18)17-12/h1-4,15H,5-7H2,(H,16,17,18). The van der Waals surface area contributed by atoms with E-state index in [-0.39, 0.29) is 5.56 Å². The second kappa shape index (κ2) is 4.55. The molecule has 18 heavy (non-hydrogen) atoms. The molecular weight excluding hydrogens is 250 g/mol. The highest BCUT2D eigenvalue weighted by molar-refractivity contribution is 6.33. The third kappa shape index (κ3) is 1.94. The van der Waals surface area contributed by atoms with Crippen LogP contribution in [0.15, 0.2) is 29.1 Å². The van der Waals surface area contributed by atoms with Crippen LogP contribution in [0.3, 0.4) is 0 Å². The second-order valence-corrected chi connectivity index (χ2v) is 4.65. The number of hydrogen-bond donors (Lipinski definition) is 2. The number of rotatable bonds is 1. The molecule has 4 nitrogen and oxygen atoms in total. The first-order valence-corrected chi connectivity index (χ1v) is 6.21. The maximum Gasteiger partial charge on any atom is 0.254 e. The molecule has 92 valence electrons. The lowest BCUT2D eigenvalue weighted by Gasteiger charge is -2.16. The van der Waals surface area contributed by atoms with Crippen molar-refractivity contribution in [3.8, 4) is 11.4 Å². The number of aromatic amines is 1. The minimum Gasteiger partial charge on any atom is -0.311 e. The van der Waals surface area contributed by atoms with Gasteiger partial charge in [-0.25, -0.2) is 4.98 Å². The van der Waals surface area contributed by atoms with Crippen LogP contribution in [-0.4, -0.2) is 16.5 Å². The summed E-state index contributed by atoms with van der Waals surface area (Å²) in [6.07, 6.45) is 0.723. The largest absolute Gasteiger partial charge is 0.311 e. The zero-order valence-electron chi connectivity index (χ0n) is 9.66. The molecule has 0 radical (unpaired) electrons. The second-order valence-electron chi connectivity index (χ2n) is 4.25. The summed E-state index contributed by atoms with van der Waals surface area (Å²) >= 11 is 6.12. The number of fused-ring (bicyclic) bond motifs is 1. The summed E-state index contributed by atoms with van der Waals surface area (Å²) in [4.78, 5) is 19.3. The lowest BCUT2D eigenvalue weighted by molar-refractivity contribution is 0.619. The van der Waals surface area contributed by atoms with Gasteiger partial charge in [0.25, 0.3) is 5.56 Å². The van der Waals surface area contributed by atoms with Crippen molar-refractivity contribution in [1.29, 1.82) is 0 Å². The van der Waals surface area contributed by atoms with E-state index in [9.17, 15) is 4.79 Å². The molecule has 0 fully saturated rings. The fourth-order valence-electron chi connectivity index (χ4n) is 2.15. The average Bonchev–Trinajstić information content (AvgIpc) is 2.39. The van der Waals surface area contributed by atoms with Crippen LogP contribution in [0, 0.1) is 0 Å². The van der Waals surface area contributed by atoms with Gasteiger partial charge in [-0.15, -0.1) is 0 Å². The summed E-state index contributed by atoms with van der Waals surface area (Å²) < 4.78 is 0. The SMILES string of the molecule is O=c1[nH]c(-c2ccccc2Cl)nc2c1CCNC2. The third-order valence-electron chi connectivity index (χ3n) is 3.07. The Morgan fingerprint density at radius 1 is 1.28 bits per heavy atom. The molecule has 0 spiro atoms. The van der Waals surface area contributed by atoms with Crippen molar-refractivity contribution >= 4 is 11.6 Å². The van der Waals surface area contributed by atoms with Crippen molar-refractivity contribution in [1.82, 2.24) is 15.3 Å². The third-order valence-corrected chi connectivity index (χ3v) is 3.40. The molecule has 1 aromatic carbocycles. The predicted molar refractivity (Wildman–Crippen MR) is 70.7 cm³/mol. The first kappa shape index (κ1) is 11.4. The molecule has 1 aliphatic heterocycles. The number of aromatic nitrogens is 2. The summed E-state index contributed by atoms with van der Waals surface area (Å²) in [6.45, 7) is 1.46. The van der Waals surface area contributed by atoms with Crippen molar-refractivity contribution in [2.75, 3.05) is 6.54 Å². The summed E-state index contributed by atoms with van der Waals surface area (Å²) in [5.74, 6) is 0.535. The maximum absolute atomic E-state index is 12.0. The molecule has 0 saturated heterocycles. The van der Waals surface area contributed by atoms with E-state index in [2.05, 4.69) is 15.3 Å². The summed E-state index contributed by atoms with van der Waals surface area (Å²) in [5, 5.41) is 3.80. The Bertz CT molecular complexity index is 651. The fourth-order valence-corrected chi connectivity index (χ4v) is 2.37. The number of nitrogens with zero attached hydrogens (tertiary/aromatic N) is 1. The van der Waals surface area contributed by atoms with E-state index < -0.39 is 0 Å². The lowest BCUT2D eigenvalue weighted by Crippen LogP contribution is -2.31. The number of halogens is 1. The van der Waals surface area contributed by atoms with Crippen molar-refractivity contribution in [2.45, 2.75) is 13.0 Å². The number of H-pyrrole nitrogens is 1. The van der Waals surface area contributed by atoms with Crippen molar-refractivity contribution < 1.29 is 0 Å². The first-order chi connectivity index (χ1) is 8.75. The van der Waals surface area contributed by atoms with Crippen LogP contribution in [0.5, 0.6) is 0 Å². The monoisotopic (exact) mass is 261 g/mol. The van der Waals surface area contributed by atoms with Crippen LogP contribution in [0.25, 0.3) is 11.4 Å². The molecule has 2 aromatic rings. The van der Waals surface area contributed by atoms with Gasteiger partial charge in [0.05, 0.1) is 10.7 Å². The highest BCUT2D eigenvalue weighted by Crippen LogP contribution is 2.24. The van der Waals surface area contributed by atoms with Gasteiger partial charge in [-0.05, 0) is 25.1 Å². The first-order valence-electron chi connectivity index (χ1n) is 5.83. The molecule has 0 amide bonds. The Hall–Kier alpha value is -1.65. The zero-order chi connectivity index (χ0) is 12.5. The molecule has 1 aromatic heterocycles. The summed E-state index contributed by atoms with van der Waals surface area (Å²) in [5.41, 5.74) is 2.30. The van der Waals surface area contributed by atoms with Gasteiger partial charge in [0.15, 0.2) is 0 Å². The van der Waals surface area contributed by atoms with Crippen LogP contribution >= 0.6 is 11.6 Å². The van der Waals surface area contributed by atoms with Gasteiger partial charge in [0, 0.05) is 17.7 Å². The topological polar surface area (TPSA) is 57.8 Å². The molecule has 0 unspecified atom stereocenters. The average molecular weight is 262 g/mol. The van der Waals surface area contributed by atoms with Crippen molar-refractivity contribution in [3.63, 3.8) is 0 Å². The van der Waals surface area contributed by atoms with E-state index in [0.29, 0.717) is 17.4 Å². The molecule has 0 atom stereocenters. The summed E-state index contributed by atoms with van der Waals surface area (Å²) in [7, 11) is 0. The van der Waals surface area contributed by atoms with Crippen LogP contribution in [0.1, 0.15) is 11.3 Å². The highest BCUT2D eigenvalue weighted by Gasteiger charge is 2.16. The Morgan fingerprint density at radius 3 is 2.94 bits per heavy atom. The maximum atomic E-state index is 12.0. The van der Waals surface area contributed by atoms with Gasteiger partial charge in [0.1, 0.15) is 5.82 Å². The van der Waals surface area contributed by atoms with Gasteiger partial charge >= 0.3 is 0 Å². The van der Waals surface area contributed by atoms with E-state index >= 15 is 0 Å². The highest BCUT2D eigenvalue weighted by atomic mass is 35.5. The van der Waals surface area contributed by atoms with E-state index in [0.717, 1.165) is 29.8 Å². The summed E-state index contributed by atoms with van der Waals surface area (Å²) in [6, 6.07) is 7.36. The molecule has 3 rings (SSSR count).